The molecule has 0 saturated carbocycles. The number of benzene rings is 1. The predicted molar refractivity (Wildman–Crippen MR) is 58.6 cm³/mol. The van der Waals surface area contributed by atoms with Crippen LogP contribution in [0.5, 0.6) is 11.5 Å². The number of carbonyl (C=O) groups excluding carboxylic acids is 1. The second kappa shape index (κ2) is 6.83. The number of methoxy groups -OCH3 is 1. The van der Waals surface area contributed by atoms with Gasteiger partial charge in [-0.15, -0.1) is 0 Å². The molecule has 0 atom stereocenters. The highest BCUT2D eigenvalue weighted by Gasteiger charge is 2.28. The van der Waals surface area contributed by atoms with Crippen LogP contribution in [0.3, 0.4) is 0 Å². The quantitative estimate of drug-likeness (QED) is 0.805. The molecule has 0 fully saturated rings. The van der Waals surface area contributed by atoms with Crippen LogP contribution in [-0.2, 0) is 9.63 Å². The Morgan fingerprint density at radius 1 is 1.21 bits per heavy atom. The summed E-state index contributed by atoms with van der Waals surface area (Å²) in [5.74, 6) is 0.178. The number of alkyl halides is 3. The first kappa shape index (κ1) is 15.1. The van der Waals surface area contributed by atoms with E-state index in [4.69, 9.17) is 9.47 Å². The molecule has 0 heterocycles. The third kappa shape index (κ3) is 6.51. The van der Waals surface area contributed by atoms with E-state index in [0.717, 1.165) is 0 Å². The van der Waals surface area contributed by atoms with Crippen molar-refractivity contribution in [3.8, 4) is 11.5 Å². The molecular weight excluding hydrogens is 267 g/mol. The number of ether oxygens (including phenoxy) is 2. The highest BCUT2D eigenvalue weighted by Crippen LogP contribution is 2.16. The Labute approximate surface area is 107 Å². The van der Waals surface area contributed by atoms with Crippen molar-refractivity contribution in [3.63, 3.8) is 0 Å². The lowest BCUT2D eigenvalue weighted by atomic mass is 10.3. The van der Waals surface area contributed by atoms with Gasteiger partial charge in [-0.3, -0.25) is 9.63 Å². The fourth-order valence-electron chi connectivity index (χ4n) is 1.05. The normalized spacial score (nSPS) is 10.9. The van der Waals surface area contributed by atoms with Crippen LogP contribution in [0.25, 0.3) is 0 Å². The van der Waals surface area contributed by atoms with E-state index in [2.05, 4.69) is 4.84 Å². The Kier molecular flexibility index (Phi) is 5.43. The van der Waals surface area contributed by atoms with E-state index in [1.165, 1.54) is 7.11 Å². The average molecular weight is 279 g/mol. The number of hydrogen-bond acceptors (Lipinski definition) is 4. The number of halogens is 3. The van der Waals surface area contributed by atoms with Crippen molar-refractivity contribution in [2.75, 3.05) is 20.3 Å². The summed E-state index contributed by atoms with van der Waals surface area (Å²) in [4.78, 5) is 15.0. The van der Waals surface area contributed by atoms with Gasteiger partial charge in [0.15, 0.2) is 13.2 Å². The van der Waals surface area contributed by atoms with Gasteiger partial charge >= 0.3 is 6.18 Å². The van der Waals surface area contributed by atoms with Gasteiger partial charge in [-0.05, 0) is 24.3 Å². The Balaban J connectivity index is 2.26. The van der Waals surface area contributed by atoms with E-state index >= 15 is 0 Å². The molecule has 106 valence electrons. The maximum atomic E-state index is 11.7. The Hall–Kier alpha value is -1.96. The number of rotatable bonds is 6. The average Bonchev–Trinajstić information content (AvgIpc) is 2.35. The third-order valence-corrected chi connectivity index (χ3v) is 1.85. The highest BCUT2D eigenvalue weighted by atomic mass is 19.4. The third-order valence-electron chi connectivity index (χ3n) is 1.85. The van der Waals surface area contributed by atoms with Gasteiger partial charge in [0.05, 0.1) is 7.11 Å². The summed E-state index contributed by atoms with van der Waals surface area (Å²) in [7, 11) is 1.50. The molecule has 0 aromatic heterocycles. The van der Waals surface area contributed by atoms with Crippen LogP contribution in [0.4, 0.5) is 13.2 Å². The maximum Gasteiger partial charge on any atom is 0.414 e. The first-order valence-corrected chi connectivity index (χ1v) is 5.15. The van der Waals surface area contributed by atoms with Gasteiger partial charge in [0, 0.05) is 0 Å². The van der Waals surface area contributed by atoms with Crippen LogP contribution in [0.15, 0.2) is 24.3 Å². The zero-order chi connectivity index (χ0) is 14.3. The van der Waals surface area contributed by atoms with Gasteiger partial charge in [-0.2, -0.15) is 13.2 Å². The minimum Gasteiger partial charge on any atom is -0.497 e. The van der Waals surface area contributed by atoms with Crippen molar-refractivity contribution >= 4 is 5.91 Å². The molecule has 0 saturated heterocycles. The summed E-state index contributed by atoms with van der Waals surface area (Å²) in [6, 6.07) is 6.35. The van der Waals surface area contributed by atoms with E-state index in [-0.39, 0.29) is 0 Å². The fourth-order valence-corrected chi connectivity index (χ4v) is 1.05. The van der Waals surface area contributed by atoms with Crippen molar-refractivity contribution < 1.29 is 32.3 Å². The van der Waals surface area contributed by atoms with E-state index in [0.29, 0.717) is 11.5 Å². The molecule has 0 unspecified atom stereocenters. The summed E-state index contributed by atoms with van der Waals surface area (Å²) < 4.78 is 45.1. The molecule has 19 heavy (non-hydrogen) atoms. The summed E-state index contributed by atoms with van der Waals surface area (Å²) in [5.41, 5.74) is 1.62. The number of carbonyl (C=O) groups is 1. The minimum atomic E-state index is -4.50. The molecular formula is C11H12F3NO4. The maximum absolute atomic E-state index is 11.7. The largest absolute Gasteiger partial charge is 0.497 e. The molecule has 1 N–H and O–H groups in total. The lowest BCUT2D eigenvalue weighted by Crippen LogP contribution is -2.32. The Morgan fingerprint density at radius 3 is 2.32 bits per heavy atom. The summed E-state index contributed by atoms with van der Waals surface area (Å²) in [5, 5.41) is 0. The predicted octanol–water partition coefficient (Wildman–Crippen LogP) is 1.68. The summed E-state index contributed by atoms with van der Waals surface area (Å²) in [6.45, 7) is -2.01. The molecule has 5 nitrogen and oxygen atoms in total. The first-order valence-electron chi connectivity index (χ1n) is 5.15. The second-order valence-electron chi connectivity index (χ2n) is 3.39. The smallest absolute Gasteiger partial charge is 0.414 e. The molecule has 1 amide bonds. The number of hydrogen-bond donors (Lipinski definition) is 1. The molecule has 0 aliphatic heterocycles. The highest BCUT2D eigenvalue weighted by molar-refractivity contribution is 5.76. The van der Waals surface area contributed by atoms with Gasteiger partial charge in [0.1, 0.15) is 11.5 Å². The first-order chi connectivity index (χ1) is 8.90. The van der Waals surface area contributed by atoms with Crippen molar-refractivity contribution in [2.24, 2.45) is 0 Å². The number of amides is 1. The molecule has 0 radical (unpaired) electrons. The van der Waals surface area contributed by atoms with Crippen molar-refractivity contribution in [1.29, 1.82) is 0 Å². The Bertz CT molecular complexity index is 405. The van der Waals surface area contributed by atoms with Gasteiger partial charge in [-0.25, -0.2) is 5.48 Å². The molecule has 8 heteroatoms. The molecule has 0 aliphatic rings. The van der Waals surface area contributed by atoms with E-state index in [1.807, 2.05) is 0 Å². The SMILES string of the molecule is COc1ccc(OCC(=O)NOCC(F)(F)F)cc1. The van der Waals surface area contributed by atoms with Crippen LogP contribution in [-0.4, -0.2) is 32.4 Å². The molecule has 0 bridgehead atoms. The molecule has 1 rings (SSSR count). The zero-order valence-corrected chi connectivity index (χ0v) is 9.99. The summed E-state index contributed by atoms with van der Waals surface area (Å²) >= 11 is 0. The molecule has 1 aromatic carbocycles. The Morgan fingerprint density at radius 2 is 1.79 bits per heavy atom. The van der Waals surface area contributed by atoms with Crippen LogP contribution in [0.1, 0.15) is 0 Å². The van der Waals surface area contributed by atoms with E-state index in [9.17, 15) is 18.0 Å². The van der Waals surface area contributed by atoms with Gasteiger partial charge < -0.3 is 9.47 Å². The van der Waals surface area contributed by atoms with Crippen LogP contribution in [0.2, 0.25) is 0 Å². The van der Waals surface area contributed by atoms with Gasteiger partial charge in [-0.1, -0.05) is 0 Å². The minimum absolute atomic E-state index is 0.381. The van der Waals surface area contributed by atoms with Gasteiger partial charge in [0.2, 0.25) is 0 Å². The van der Waals surface area contributed by atoms with Gasteiger partial charge in [0.25, 0.3) is 5.91 Å². The van der Waals surface area contributed by atoms with Crippen molar-refractivity contribution in [2.45, 2.75) is 6.18 Å². The van der Waals surface area contributed by atoms with E-state index in [1.54, 1.807) is 29.7 Å². The van der Waals surface area contributed by atoms with Crippen LogP contribution in [0, 0.1) is 0 Å². The number of nitrogens with one attached hydrogen (secondary N) is 1. The van der Waals surface area contributed by atoms with Crippen molar-refractivity contribution in [1.82, 2.24) is 5.48 Å². The lowest BCUT2D eigenvalue weighted by Gasteiger charge is -2.09. The lowest BCUT2D eigenvalue weighted by molar-refractivity contribution is -0.192. The second-order valence-corrected chi connectivity index (χ2v) is 3.39. The standard InChI is InChI=1S/C11H12F3NO4/c1-17-8-2-4-9(5-3-8)18-6-10(16)15-19-7-11(12,13)14/h2-5H,6-7H2,1H3,(H,15,16). The van der Waals surface area contributed by atoms with Crippen molar-refractivity contribution in [3.05, 3.63) is 24.3 Å². The fraction of sp³-hybridized carbons (Fsp3) is 0.364. The zero-order valence-electron chi connectivity index (χ0n) is 9.99. The molecule has 1 aromatic rings. The molecule has 0 spiro atoms. The monoisotopic (exact) mass is 279 g/mol. The summed E-state index contributed by atoms with van der Waals surface area (Å²) in [6.07, 6.45) is -4.50. The van der Waals surface area contributed by atoms with E-state index < -0.39 is 25.3 Å². The topological polar surface area (TPSA) is 56.8 Å². The van der Waals surface area contributed by atoms with Crippen LogP contribution >= 0.6 is 0 Å². The van der Waals surface area contributed by atoms with Crippen LogP contribution < -0.4 is 15.0 Å². The number of hydroxylamine groups is 1. The molecule has 0 aliphatic carbocycles.